The van der Waals surface area contributed by atoms with Gasteiger partial charge in [-0.2, -0.15) is 0 Å². The Hall–Kier alpha value is -3.38. The first-order valence-electron chi connectivity index (χ1n) is 14.9. The highest BCUT2D eigenvalue weighted by Gasteiger charge is 2.31. The molecule has 0 bridgehead atoms. The summed E-state index contributed by atoms with van der Waals surface area (Å²) in [5, 5.41) is 12.3. The van der Waals surface area contributed by atoms with Crippen LogP contribution in [-0.2, 0) is 6.54 Å². The van der Waals surface area contributed by atoms with Crippen molar-refractivity contribution in [2.45, 2.75) is 63.8 Å². The van der Waals surface area contributed by atoms with Gasteiger partial charge in [0.15, 0.2) is 0 Å². The summed E-state index contributed by atoms with van der Waals surface area (Å²) in [5.41, 5.74) is 7.79. The van der Waals surface area contributed by atoms with Gasteiger partial charge < -0.3 is 19.5 Å². The maximum Gasteiger partial charge on any atom is 0.335 e. The number of carbonyl (C=O) groups is 1. The van der Waals surface area contributed by atoms with Crippen LogP contribution in [0.15, 0.2) is 48.7 Å². The van der Waals surface area contributed by atoms with E-state index < -0.39 is 5.97 Å². The number of piperidine rings is 1. The number of anilines is 1. The normalized spacial score (nSPS) is 18.7. The highest BCUT2D eigenvalue weighted by molar-refractivity contribution is 6.05. The molecular formula is C33H38N4O2. The van der Waals surface area contributed by atoms with Crippen LogP contribution in [0.5, 0.6) is 0 Å². The van der Waals surface area contributed by atoms with Gasteiger partial charge in [-0.1, -0.05) is 31.7 Å². The minimum atomic E-state index is -0.860. The lowest BCUT2D eigenvalue weighted by Crippen LogP contribution is -2.38. The summed E-state index contributed by atoms with van der Waals surface area (Å²) in [7, 11) is 0. The van der Waals surface area contributed by atoms with Gasteiger partial charge in [-0.3, -0.25) is 4.98 Å². The highest BCUT2D eigenvalue weighted by atomic mass is 16.4. The zero-order valence-corrected chi connectivity index (χ0v) is 22.7. The van der Waals surface area contributed by atoms with E-state index in [1.54, 1.807) is 6.07 Å². The molecule has 2 fully saturated rings. The fraction of sp³-hybridized carbons (Fsp3) is 0.455. The van der Waals surface area contributed by atoms with Gasteiger partial charge in [0, 0.05) is 54.2 Å². The third kappa shape index (κ3) is 4.39. The van der Waals surface area contributed by atoms with Gasteiger partial charge in [0.2, 0.25) is 0 Å². The zero-order valence-electron chi connectivity index (χ0n) is 22.7. The van der Waals surface area contributed by atoms with Crippen molar-refractivity contribution in [1.29, 1.82) is 0 Å². The van der Waals surface area contributed by atoms with Crippen molar-refractivity contribution in [3.63, 3.8) is 0 Å². The fourth-order valence-corrected chi connectivity index (χ4v) is 7.51. The second-order valence-electron chi connectivity index (χ2n) is 11.7. The van der Waals surface area contributed by atoms with Gasteiger partial charge in [-0.25, -0.2) is 4.79 Å². The fourth-order valence-electron chi connectivity index (χ4n) is 7.51. The molecular weight excluding hydrogens is 484 g/mol. The first-order chi connectivity index (χ1) is 19.2. The Morgan fingerprint density at radius 3 is 2.51 bits per heavy atom. The number of hydrogen-bond acceptors (Lipinski definition) is 4. The Labute approximate surface area is 230 Å². The molecule has 0 unspecified atom stereocenters. The van der Waals surface area contributed by atoms with Gasteiger partial charge in [-0.15, -0.1) is 0 Å². The van der Waals surface area contributed by atoms with E-state index in [1.807, 2.05) is 12.3 Å². The quantitative estimate of drug-likeness (QED) is 0.309. The van der Waals surface area contributed by atoms with Crippen LogP contribution in [0.4, 0.5) is 5.69 Å². The maximum absolute atomic E-state index is 12.0. The van der Waals surface area contributed by atoms with Crippen LogP contribution in [0.2, 0.25) is 0 Å². The molecule has 2 aliphatic heterocycles. The van der Waals surface area contributed by atoms with Crippen LogP contribution in [0.3, 0.4) is 0 Å². The lowest BCUT2D eigenvalue weighted by molar-refractivity contribution is 0.0697. The molecule has 1 saturated carbocycles. The van der Waals surface area contributed by atoms with E-state index in [1.165, 1.54) is 97.7 Å². The van der Waals surface area contributed by atoms with E-state index in [-0.39, 0.29) is 0 Å². The smallest absolute Gasteiger partial charge is 0.335 e. The molecule has 1 N–H and O–H groups in total. The van der Waals surface area contributed by atoms with Gasteiger partial charge >= 0.3 is 5.97 Å². The van der Waals surface area contributed by atoms with Crippen LogP contribution < -0.4 is 4.90 Å². The first-order valence-corrected chi connectivity index (χ1v) is 14.9. The number of carboxylic acids is 1. The lowest BCUT2D eigenvalue weighted by atomic mass is 9.81. The molecule has 6 nitrogen and oxygen atoms in total. The number of aromatic carboxylic acids is 1. The maximum atomic E-state index is 12.0. The van der Waals surface area contributed by atoms with Crippen LogP contribution in [0.1, 0.15) is 73.2 Å². The number of aromatic nitrogens is 2. The summed E-state index contributed by atoms with van der Waals surface area (Å²) < 4.78 is 2.45. The number of carboxylic acid groups (broad SMARTS) is 1. The van der Waals surface area contributed by atoms with Crippen molar-refractivity contribution in [2.24, 2.45) is 0 Å². The largest absolute Gasteiger partial charge is 0.478 e. The van der Waals surface area contributed by atoms with Crippen molar-refractivity contribution >= 4 is 33.5 Å². The molecule has 0 radical (unpaired) electrons. The number of nitrogens with zero attached hydrogens (tertiary/aromatic N) is 4. The molecule has 3 aliphatic rings. The summed E-state index contributed by atoms with van der Waals surface area (Å²) in [6, 6.07) is 14.6. The molecule has 0 atom stereocenters. The van der Waals surface area contributed by atoms with Crippen LogP contribution in [-0.4, -0.2) is 58.3 Å². The second kappa shape index (κ2) is 10.3. The molecule has 0 amide bonds. The Morgan fingerprint density at radius 2 is 1.69 bits per heavy atom. The number of likely N-dealkylation sites (tertiary alicyclic amines) is 1. The molecule has 1 saturated heterocycles. The Bertz CT molecular complexity index is 1530. The summed E-state index contributed by atoms with van der Waals surface area (Å²) >= 11 is 0. The number of rotatable bonds is 5. The monoisotopic (exact) mass is 522 g/mol. The number of benzene rings is 2. The minimum absolute atomic E-state index is 0.368. The molecule has 7 rings (SSSR count). The second-order valence-corrected chi connectivity index (χ2v) is 11.7. The van der Waals surface area contributed by atoms with Crippen molar-refractivity contribution in [2.75, 3.05) is 37.6 Å². The number of pyridine rings is 1. The van der Waals surface area contributed by atoms with E-state index in [0.29, 0.717) is 11.5 Å². The standard InChI is InChI=1S/C33H38N4O2/c38-33(39)24-11-12-26-29(22-24)37-21-20-36(19-18-35-16-5-2-6-17-35)31-25-10-7-15-34-28(25)14-13-27(31)32(37)30(26)23-8-3-1-4-9-23/h7,10-15,22-23H,1-6,8-9,16-21H2,(H,38,39). The predicted octanol–water partition coefficient (Wildman–Crippen LogP) is 6.91. The number of hydrogen-bond donors (Lipinski definition) is 1. The molecule has 2 aromatic carbocycles. The van der Waals surface area contributed by atoms with E-state index in [9.17, 15) is 9.90 Å². The van der Waals surface area contributed by atoms with Gasteiger partial charge in [0.05, 0.1) is 22.5 Å². The minimum Gasteiger partial charge on any atom is -0.478 e. The van der Waals surface area contributed by atoms with E-state index in [4.69, 9.17) is 4.98 Å². The molecule has 39 heavy (non-hydrogen) atoms. The topological polar surface area (TPSA) is 61.6 Å². The molecule has 4 aromatic rings. The van der Waals surface area contributed by atoms with Gasteiger partial charge in [0.25, 0.3) is 0 Å². The lowest BCUT2D eigenvalue weighted by Gasteiger charge is -2.32. The van der Waals surface area contributed by atoms with E-state index in [2.05, 4.69) is 44.7 Å². The SMILES string of the molecule is O=C(O)c1ccc2c(C3CCCCC3)c3n(c2c1)CCN(CCN1CCCCC1)c1c-3ccc2ncccc12. The molecule has 1 aliphatic carbocycles. The third-order valence-electron chi connectivity index (χ3n) is 9.42. The van der Waals surface area contributed by atoms with Crippen LogP contribution in [0.25, 0.3) is 33.1 Å². The summed E-state index contributed by atoms with van der Waals surface area (Å²) in [6.45, 7) is 6.21. The zero-order chi connectivity index (χ0) is 26.3. The highest BCUT2D eigenvalue weighted by Crippen LogP contribution is 2.48. The summed E-state index contributed by atoms with van der Waals surface area (Å²) in [5.74, 6) is -0.355. The van der Waals surface area contributed by atoms with E-state index in [0.717, 1.165) is 37.2 Å². The third-order valence-corrected chi connectivity index (χ3v) is 9.42. The predicted molar refractivity (Wildman–Crippen MR) is 158 cm³/mol. The molecule has 202 valence electrons. The van der Waals surface area contributed by atoms with Crippen molar-refractivity contribution in [3.8, 4) is 11.3 Å². The van der Waals surface area contributed by atoms with Crippen LogP contribution in [0, 0.1) is 0 Å². The Balaban J connectivity index is 1.43. The Morgan fingerprint density at radius 1 is 0.872 bits per heavy atom. The number of fused-ring (bicyclic) bond motifs is 7. The van der Waals surface area contributed by atoms with Crippen molar-refractivity contribution in [3.05, 3.63) is 59.8 Å². The summed E-state index contributed by atoms with van der Waals surface area (Å²) in [6.07, 6.45) is 12.1. The molecule has 6 heteroatoms. The Kier molecular flexibility index (Phi) is 6.51. The average molecular weight is 523 g/mol. The first kappa shape index (κ1) is 24.6. The molecule has 0 spiro atoms. The van der Waals surface area contributed by atoms with Crippen molar-refractivity contribution in [1.82, 2.24) is 14.5 Å². The average Bonchev–Trinajstić information content (AvgIpc) is 3.21. The van der Waals surface area contributed by atoms with Crippen molar-refractivity contribution < 1.29 is 9.90 Å². The molecule has 2 aromatic heterocycles. The molecule has 4 heterocycles. The van der Waals surface area contributed by atoms with Gasteiger partial charge in [-0.05, 0) is 86.7 Å². The van der Waals surface area contributed by atoms with Crippen LogP contribution >= 0.6 is 0 Å². The van der Waals surface area contributed by atoms with Gasteiger partial charge in [0.1, 0.15) is 0 Å². The van der Waals surface area contributed by atoms with E-state index >= 15 is 0 Å². The summed E-state index contributed by atoms with van der Waals surface area (Å²) in [4.78, 5) is 22.0.